The van der Waals surface area contributed by atoms with E-state index in [0.717, 1.165) is 25.3 Å². The molecule has 0 amide bonds. The summed E-state index contributed by atoms with van der Waals surface area (Å²) in [6, 6.07) is 0. The van der Waals surface area contributed by atoms with Gasteiger partial charge in [-0.3, -0.25) is 4.68 Å². The first-order valence-electron chi connectivity index (χ1n) is 7.01. The van der Waals surface area contributed by atoms with Gasteiger partial charge in [0.15, 0.2) is 0 Å². The van der Waals surface area contributed by atoms with E-state index in [1.807, 2.05) is 4.68 Å². The van der Waals surface area contributed by atoms with E-state index in [1.54, 1.807) is 0 Å². The van der Waals surface area contributed by atoms with Gasteiger partial charge in [0.25, 0.3) is 0 Å². The first kappa shape index (κ1) is 17.5. The van der Waals surface area contributed by atoms with Crippen molar-refractivity contribution in [2.75, 3.05) is 6.54 Å². The van der Waals surface area contributed by atoms with E-state index in [1.165, 1.54) is 37.7 Å². The number of nitrogens with zero attached hydrogens (tertiary/aromatic N) is 2. The Bertz CT molecular complexity index is 310. The monoisotopic (exact) mass is 273 g/mol. The van der Waals surface area contributed by atoms with E-state index in [4.69, 9.17) is 0 Å². The van der Waals surface area contributed by atoms with Crippen LogP contribution in [-0.2, 0) is 13.1 Å². The number of hydrogen-bond acceptors (Lipinski definition) is 2. The highest BCUT2D eigenvalue weighted by atomic mass is 35.5. The fourth-order valence-electron chi connectivity index (χ4n) is 1.97. The van der Waals surface area contributed by atoms with E-state index < -0.39 is 0 Å². The summed E-state index contributed by atoms with van der Waals surface area (Å²) < 4.78 is 2.01. The molecular weight excluding hydrogens is 246 g/mol. The molecule has 1 aromatic heterocycles. The molecule has 0 saturated carbocycles. The Balaban J connectivity index is 0.00000289. The highest BCUT2D eigenvalue weighted by molar-refractivity contribution is 5.85. The molecule has 106 valence electrons. The van der Waals surface area contributed by atoms with Crippen LogP contribution in [-0.4, -0.2) is 16.3 Å². The summed E-state index contributed by atoms with van der Waals surface area (Å²) in [7, 11) is 0. The molecule has 0 atom stereocenters. The number of hydrogen-bond donors (Lipinski definition) is 1. The highest BCUT2D eigenvalue weighted by Gasteiger charge is 2.02. The third-order valence-corrected chi connectivity index (χ3v) is 3.14. The summed E-state index contributed by atoms with van der Waals surface area (Å²) in [5.74, 6) is 0. The maximum atomic E-state index is 4.45. The topological polar surface area (TPSA) is 29.9 Å². The van der Waals surface area contributed by atoms with Gasteiger partial charge in [-0.1, -0.05) is 32.6 Å². The summed E-state index contributed by atoms with van der Waals surface area (Å²) in [6.07, 6.45) is 8.88. The molecule has 1 N–H and O–H groups in total. The molecule has 0 fully saturated rings. The Kier molecular flexibility index (Phi) is 10.1. The quantitative estimate of drug-likeness (QED) is 0.696. The van der Waals surface area contributed by atoms with Gasteiger partial charge in [-0.05, 0) is 26.8 Å². The molecule has 1 heterocycles. The number of unbranched alkanes of at least 4 members (excludes halogenated alkanes) is 4. The number of nitrogens with one attached hydrogen (secondary N) is 1. The number of halogens is 1. The van der Waals surface area contributed by atoms with Crippen molar-refractivity contribution in [3.05, 3.63) is 17.5 Å². The smallest absolute Gasteiger partial charge is 0.0638 e. The van der Waals surface area contributed by atoms with Crippen molar-refractivity contribution >= 4 is 12.4 Å². The summed E-state index contributed by atoms with van der Waals surface area (Å²) in [5, 5.41) is 7.95. The van der Waals surface area contributed by atoms with Crippen LogP contribution in [0.1, 0.15) is 57.2 Å². The van der Waals surface area contributed by atoms with Crippen LogP contribution in [0, 0.1) is 6.92 Å². The zero-order chi connectivity index (χ0) is 12.5. The minimum Gasteiger partial charge on any atom is -0.313 e. The molecular formula is C14H28ClN3. The first-order valence-corrected chi connectivity index (χ1v) is 7.01. The Morgan fingerprint density at radius 3 is 2.50 bits per heavy atom. The molecule has 0 aliphatic rings. The lowest BCUT2D eigenvalue weighted by Crippen LogP contribution is -2.14. The van der Waals surface area contributed by atoms with Crippen LogP contribution in [0.2, 0.25) is 0 Å². The molecule has 0 aromatic carbocycles. The van der Waals surface area contributed by atoms with Gasteiger partial charge in [0, 0.05) is 24.8 Å². The Morgan fingerprint density at radius 1 is 1.17 bits per heavy atom. The molecule has 1 rings (SSSR count). The average Bonchev–Trinajstić information content (AvgIpc) is 2.69. The second-order valence-electron chi connectivity index (χ2n) is 4.69. The highest BCUT2D eigenvalue weighted by Crippen LogP contribution is 2.05. The molecule has 0 radical (unpaired) electrons. The summed E-state index contributed by atoms with van der Waals surface area (Å²) in [6.45, 7) is 9.51. The second-order valence-corrected chi connectivity index (χ2v) is 4.69. The molecule has 0 saturated heterocycles. The normalized spacial score (nSPS) is 10.4. The van der Waals surface area contributed by atoms with Gasteiger partial charge >= 0.3 is 0 Å². The van der Waals surface area contributed by atoms with Crippen LogP contribution < -0.4 is 5.32 Å². The molecule has 18 heavy (non-hydrogen) atoms. The molecule has 0 bridgehead atoms. The predicted molar refractivity (Wildman–Crippen MR) is 80.4 cm³/mol. The van der Waals surface area contributed by atoms with Crippen LogP contribution >= 0.6 is 12.4 Å². The van der Waals surface area contributed by atoms with Crippen molar-refractivity contribution < 1.29 is 0 Å². The zero-order valence-electron chi connectivity index (χ0n) is 12.0. The summed E-state index contributed by atoms with van der Waals surface area (Å²) in [4.78, 5) is 0. The van der Waals surface area contributed by atoms with Crippen molar-refractivity contribution in [2.24, 2.45) is 0 Å². The Hall–Kier alpha value is -0.540. The van der Waals surface area contributed by atoms with E-state index in [0.29, 0.717) is 0 Å². The van der Waals surface area contributed by atoms with Crippen LogP contribution in [0.4, 0.5) is 0 Å². The molecule has 0 unspecified atom stereocenters. The van der Waals surface area contributed by atoms with E-state index in [9.17, 15) is 0 Å². The molecule has 1 aromatic rings. The van der Waals surface area contributed by atoms with Crippen molar-refractivity contribution in [1.29, 1.82) is 0 Å². The Labute approximate surface area is 118 Å². The van der Waals surface area contributed by atoms with Crippen LogP contribution in [0.3, 0.4) is 0 Å². The number of aromatic nitrogens is 2. The van der Waals surface area contributed by atoms with Gasteiger partial charge in [-0.25, -0.2) is 0 Å². The lowest BCUT2D eigenvalue weighted by Gasteiger charge is -2.03. The molecule has 0 spiro atoms. The van der Waals surface area contributed by atoms with Crippen molar-refractivity contribution in [2.45, 2.75) is 66.0 Å². The van der Waals surface area contributed by atoms with E-state index >= 15 is 0 Å². The van der Waals surface area contributed by atoms with Crippen LogP contribution in [0.5, 0.6) is 0 Å². The van der Waals surface area contributed by atoms with E-state index in [2.05, 4.69) is 37.4 Å². The predicted octanol–water partition coefficient (Wildman–Crippen LogP) is 3.69. The third-order valence-electron chi connectivity index (χ3n) is 3.14. The summed E-state index contributed by atoms with van der Waals surface area (Å²) >= 11 is 0. The van der Waals surface area contributed by atoms with Crippen molar-refractivity contribution in [3.63, 3.8) is 0 Å². The van der Waals surface area contributed by atoms with Gasteiger partial charge in [-0.2, -0.15) is 5.10 Å². The minimum absolute atomic E-state index is 0. The van der Waals surface area contributed by atoms with Gasteiger partial charge in [0.1, 0.15) is 0 Å². The second kappa shape index (κ2) is 10.4. The fourth-order valence-corrected chi connectivity index (χ4v) is 1.97. The Morgan fingerprint density at radius 2 is 1.89 bits per heavy atom. The van der Waals surface area contributed by atoms with Gasteiger partial charge in [0.05, 0.1) is 5.69 Å². The largest absolute Gasteiger partial charge is 0.313 e. The lowest BCUT2D eigenvalue weighted by atomic mass is 10.1. The molecule has 4 heteroatoms. The maximum Gasteiger partial charge on any atom is 0.0638 e. The van der Waals surface area contributed by atoms with Crippen LogP contribution in [0.25, 0.3) is 0 Å². The maximum absolute atomic E-state index is 4.45. The van der Waals surface area contributed by atoms with Gasteiger partial charge in [0.2, 0.25) is 0 Å². The third kappa shape index (κ3) is 6.41. The van der Waals surface area contributed by atoms with Crippen molar-refractivity contribution in [3.8, 4) is 0 Å². The lowest BCUT2D eigenvalue weighted by molar-refractivity contribution is 0.582. The van der Waals surface area contributed by atoms with Crippen molar-refractivity contribution in [1.82, 2.24) is 15.1 Å². The SMILES string of the molecule is CCCCCCCNCc1cn(CC)nc1C.Cl. The fraction of sp³-hybridized carbons (Fsp3) is 0.786. The number of aryl methyl sites for hydroxylation is 2. The zero-order valence-corrected chi connectivity index (χ0v) is 12.9. The standard InChI is InChI=1S/C14H27N3.ClH/c1-4-6-7-8-9-10-15-11-14-12-17(5-2)16-13(14)3;/h12,15H,4-11H2,1-3H3;1H. The molecule has 0 aliphatic heterocycles. The molecule has 3 nitrogen and oxygen atoms in total. The average molecular weight is 274 g/mol. The van der Waals surface area contributed by atoms with Gasteiger partial charge in [-0.15, -0.1) is 12.4 Å². The summed E-state index contributed by atoms with van der Waals surface area (Å²) in [5.41, 5.74) is 2.49. The van der Waals surface area contributed by atoms with Crippen LogP contribution in [0.15, 0.2) is 6.20 Å². The van der Waals surface area contributed by atoms with Gasteiger partial charge < -0.3 is 5.32 Å². The first-order chi connectivity index (χ1) is 8.27. The number of rotatable bonds is 9. The van der Waals surface area contributed by atoms with E-state index in [-0.39, 0.29) is 12.4 Å². The minimum atomic E-state index is 0. The molecule has 0 aliphatic carbocycles.